The van der Waals surface area contributed by atoms with E-state index in [-0.39, 0.29) is 27.1 Å². The molecule has 1 heterocycles. The van der Waals surface area contributed by atoms with Gasteiger partial charge in [-0.1, -0.05) is 23.2 Å². The molecule has 0 spiro atoms. The number of hydrogen-bond acceptors (Lipinski definition) is 6. The average molecular weight is 398 g/mol. The highest BCUT2D eigenvalue weighted by atomic mass is 35.5. The molecule has 0 aliphatic rings. The van der Waals surface area contributed by atoms with Crippen molar-refractivity contribution in [3.8, 4) is 0 Å². The van der Waals surface area contributed by atoms with Crippen LogP contribution >= 0.6 is 23.2 Å². The smallest absolute Gasteiger partial charge is 0.342 e. The number of anilines is 1. The number of esters is 1. The lowest BCUT2D eigenvalue weighted by molar-refractivity contribution is -0.383. The lowest BCUT2D eigenvalue weighted by Gasteiger charge is -2.10. The van der Waals surface area contributed by atoms with E-state index in [1.807, 2.05) is 0 Å². The second-order valence-electron chi connectivity index (χ2n) is 5.29. The number of nitro groups is 1. The predicted molar refractivity (Wildman–Crippen MR) is 95.7 cm³/mol. The number of nitrogens with one attached hydrogen (secondary N) is 1. The predicted octanol–water partition coefficient (Wildman–Crippen LogP) is 3.71. The van der Waals surface area contributed by atoms with Crippen molar-refractivity contribution in [1.82, 2.24) is 4.98 Å². The Morgan fingerprint density at radius 1 is 1.27 bits per heavy atom. The first-order valence-electron chi connectivity index (χ1n) is 7.23. The van der Waals surface area contributed by atoms with E-state index in [9.17, 15) is 19.7 Å². The van der Waals surface area contributed by atoms with Crippen LogP contribution in [-0.4, -0.2) is 28.4 Å². The summed E-state index contributed by atoms with van der Waals surface area (Å²) < 4.78 is 4.92. The molecule has 2 rings (SSSR count). The maximum Gasteiger partial charge on any atom is 0.342 e. The third-order valence-electron chi connectivity index (χ3n) is 3.27. The number of nitro benzene ring substituents is 1. The first-order chi connectivity index (χ1) is 12.2. The number of aryl methyl sites for hydroxylation is 2. The number of hydrogen-bond donors (Lipinski definition) is 1. The normalized spacial score (nSPS) is 10.3. The van der Waals surface area contributed by atoms with Crippen LogP contribution < -0.4 is 5.32 Å². The van der Waals surface area contributed by atoms with Gasteiger partial charge in [0.05, 0.1) is 10.5 Å². The number of ether oxygens (including phenoxy) is 1. The van der Waals surface area contributed by atoms with Crippen molar-refractivity contribution in [2.45, 2.75) is 13.8 Å². The van der Waals surface area contributed by atoms with Gasteiger partial charge in [-0.2, -0.15) is 0 Å². The van der Waals surface area contributed by atoms with Crippen LogP contribution in [0.1, 0.15) is 21.6 Å². The molecule has 0 saturated heterocycles. The van der Waals surface area contributed by atoms with Crippen LogP contribution in [0.15, 0.2) is 24.3 Å². The number of carbonyl (C=O) groups is 2. The lowest BCUT2D eigenvalue weighted by Crippen LogP contribution is -2.22. The van der Waals surface area contributed by atoms with Gasteiger partial charge >= 0.3 is 5.97 Å². The summed E-state index contributed by atoms with van der Waals surface area (Å²) in [5.41, 5.74) is 0.803. The molecule has 8 nitrogen and oxygen atoms in total. The fourth-order valence-electron chi connectivity index (χ4n) is 2.19. The van der Waals surface area contributed by atoms with Gasteiger partial charge in [0.2, 0.25) is 0 Å². The minimum atomic E-state index is -0.823. The first-order valence-corrected chi connectivity index (χ1v) is 7.99. The first kappa shape index (κ1) is 19.6. The number of pyridine rings is 1. The molecule has 26 heavy (non-hydrogen) atoms. The molecule has 0 bridgehead atoms. The van der Waals surface area contributed by atoms with E-state index in [2.05, 4.69) is 10.3 Å². The Morgan fingerprint density at radius 2 is 1.96 bits per heavy atom. The van der Waals surface area contributed by atoms with Gasteiger partial charge in [0.1, 0.15) is 10.8 Å². The molecule has 136 valence electrons. The van der Waals surface area contributed by atoms with Gasteiger partial charge in [-0.05, 0) is 37.6 Å². The van der Waals surface area contributed by atoms with E-state index in [0.717, 1.165) is 6.07 Å². The van der Waals surface area contributed by atoms with Gasteiger partial charge in [0, 0.05) is 16.8 Å². The molecule has 1 N–H and O–H groups in total. The monoisotopic (exact) mass is 397 g/mol. The van der Waals surface area contributed by atoms with Crippen LogP contribution in [0.3, 0.4) is 0 Å². The van der Waals surface area contributed by atoms with Crippen LogP contribution in [0, 0.1) is 24.0 Å². The van der Waals surface area contributed by atoms with Crippen molar-refractivity contribution in [2.24, 2.45) is 0 Å². The summed E-state index contributed by atoms with van der Waals surface area (Å²) in [6.07, 6.45) is 0. The fourth-order valence-corrected chi connectivity index (χ4v) is 2.73. The lowest BCUT2D eigenvalue weighted by atomic mass is 10.1. The van der Waals surface area contributed by atoms with Crippen molar-refractivity contribution < 1.29 is 19.2 Å². The summed E-state index contributed by atoms with van der Waals surface area (Å²) in [4.78, 5) is 38.4. The molecule has 0 saturated carbocycles. The summed E-state index contributed by atoms with van der Waals surface area (Å²) in [7, 11) is 0. The minimum absolute atomic E-state index is 0.0293. The highest BCUT2D eigenvalue weighted by Gasteiger charge is 2.20. The Bertz CT molecular complexity index is 878. The number of amides is 1. The zero-order valence-electron chi connectivity index (χ0n) is 13.7. The molecule has 1 amide bonds. The quantitative estimate of drug-likeness (QED) is 0.356. The molecule has 0 fully saturated rings. The molecule has 0 aliphatic carbocycles. The third-order valence-corrected chi connectivity index (χ3v) is 3.78. The molecule has 2 aromatic rings. The Labute approximate surface area is 158 Å². The van der Waals surface area contributed by atoms with E-state index < -0.39 is 23.4 Å². The number of carbonyl (C=O) groups excluding carboxylic acids is 2. The number of halogens is 2. The van der Waals surface area contributed by atoms with E-state index in [0.29, 0.717) is 11.3 Å². The number of aromatic nitrogens is 1. The second kappa shape index (κ2) is 8.11. The van der Waals surface area contributed by atoms with Gasteiger partial charge in [0.25, 0.3) is 11.6 Å². The Hall–Kier alpha value is -2.71. The highest BCUT2D eigenvalue weighted by molar-refractivity contribution is 6.32. The van der Waals surface area contributed by atoms with Crippen molar-refractivity contribution >= 4 is 46.5 Å². The molecular weight excluding hydrogens is 385 g/mol. The second-order valence-corrected chi connectivity index (χ2v) is 6.08. The Morgan fingerprint density at radius 3 is 2.58 bits per heavy atom. The molecule has 0 atom stereocenters. The van der Waals surface area contributed by atoms with Gasteiger partial charge < -0.3 is 10.1 Å². The molecule has 1 aromatic carbocycles. The summed E-state index contributed by atoms with van der Waals surface area (Å²) in [5.74, 6) is -1.59. The van der Waals surface area contributed by atoms with Crippen LogP contribution in [0.4, 0.5) is 11.4 Å². The summed E-state index contributed by atoms with van der Waals surface area (Å²) in [5, 5.41) is 13.4. The van der Waals surface area contributed by atoms with E-state index >= 15 is 0 Å². The van der Waals surface area contributed by atoms with E-state index in [1.54, 1.807) is 19.9 Å². The number of benzene rings is 1. The van der Waals surface area contributed by atoms with Crippen molar-refractivity contribution in [3.05, 3.63) is 61.4 Å². The molecule has 0 aliphatic heterocycles. The fraction of sp³-hybridized carbons (Fsp3) is 0.188. The van der Waals surface area contributed by atoms with Crippen molar-refractivity contribution in [2.75, 3.05) is 11.9 Å². The van der Waals surface area contributed by atoms with E-state index in [1.165, 1.54) is 12.1 Å². The van der Waals surface area contributed by atoms with Gasteiger partial charge in [-0.25, -0.2) is 9.78 Å². The minimum Gasteiger partial charge on any atom is -0.452 e. The number of nitrogens with zero attached hydrogens (tertiary/aromatic N) is 2. The molecule has 10 heteroatoms. The zero-order valence-corrected chi connectivity index (χ0v) is 15.2. The molecule has 0 radical (unpaired) electrons. The third kappa shape index (κ3) is 4.68. The van der Waals surface area contributed by atoms with Crippen molar-refractivity contribution in [1.29, 1.82) is 0 Å². The maximum atomic E-state index is 12.1. The van der Waals surface area contributed by atoms with Crippen LogP contribution in [-0.2, 0) is 9.53 Å². The molecule has 0 unspecified atom stereocenters. The standard InChI is InChI=1S/C16H13Cl2N3O5/c1-8-5-9(2)19-15(18)14(8)16(23)26-7-13(22)20-11-6-10(17)3-4-12(11)21(24)25/h3-6H,7H2,1-2H3,(H,20,22). The van der Waals surface area contributed by atoms with Gasteiger partial charge in [-0.15, -0.1) is 0 Å². The van der Waals surface area contributed by atoms with Crippen LogP contribution in [0.25, 0.3) is 0 Å². The maximum absolute atomic E-state index is 12.1. The van der Waals surface area contributed by atoms with E-state index in [4.69, 9.17) is 27.9 Å². The number of rotatable bonds is 5. The SMILES string of the molecule is Cc1cc(C)c(C(=O)OCC(=O)Nc2cc(Cl)ccc2[N+](=O)[O-])c(Cl)n1. The average Bonchev–Trinajstić information content (AvgIpc) is 2.51. The van der Waals surface area contributed by atoms with Crippen LogP contribution in [0.2, 0.25) is 10.2 Å². The molecule has 1 aromatic heterocycles. The largest absolute Gasteiger partial charge is 0.452 e. The van der Waals surface area contributed by atoms with Gasteiger partial charge in [-0.3, -0.25) is 14.9 Å². The topological polar surface area (TPSA) is 111 Å². The zero-order chi connectivity index (χ0) is 19.4. The highest BCUT2D eigenvalue weighted by Crippen LogP contribution is 2.27. The Balaban J connectivity index is 2.07. The van der Waals surface area contributed by atoms with Crippen molar-refractivity contribution in [3.63, 3.8) is 0 Å². The Kier molecular flexibility index (Phi) is 6.12. The summed E-state index contributed by atoms with van der Waals surface area (Å²) >= 11 is 11.7. The summed E-state index contributed by atoms with van der Waals surface area (Å²) in [6.45, 7) is 2.72. The molecular formula is C16H13Cl2N3O5. The van der Waals surface area contributed by atoms with Gasteiger partial charge in [0.15, 0.2) is 6.61 Å². The van der Waals surface area contributed by atoms with Crippen LogP contribution in [0.5, 0.6) is 0 Å². The summed E-state index contributed by atoms with van der Waals surface area (Å²) in [6, 6.07) is 5.36.